The summed E-state index contributed by atoms with van der Waals surface area (Å²) in [5, 5.41) is 11.8. The molecule has 0 saturated carbocycles. The maximum absolute atomic E-state index is 4.09. The molecule has 0 bridgehead atoms. The van der Waals surface area contributed by atoms with Crippen molar-refractivity contribution in [3.8, 4) is 0 Å². The molecule has 2 aromatic carbocycles. The van der Waals surface area contributed by atoms with Crippen LogP contribution in [0.3, 0.4) is 0 Å². The molecular weight excluding hydrogens is 234 g/mol. The van der Waals surface area contributed by atoms with Crippen molar-refractivity contribution in [3.05, 3.63) is 59.8 Å². The minimum Gasteiger partial charge on any atom is -0.377 e. The number of hydrogen-bond acceptors (Lipinski definition) is 2. The van der Waals surface area contributed by atoms with Gasteiger partial charge in [-0.1, -0.05) is 42.0 Å². The van der Waals surface area contributed by atoms with Gasteiger partial charge in [-0.2, -0.15) is 5.10 Å². The summed E-state index contributed by atoms with van der Waals surface area (Å²) in [6.45, 7) is 4.29. The van der Waals surface area contributed by atoms with Crippen molar-refractivity contribution < 1.29 is 0 Å². The molecule has 0 aliphatic carbocycles. The van der Waals surface area contributed by atoms with E-state index in [2.05, 4.69) is 65.8 Å². The maximum Gasteiger partial charge on any atom is 0.0881 e. The molecule has 0 spiro atoms. The van der Waals surface area contributed by atoms with E-state index in [4.69, 9.17) is 0 Å². The van der Waals surface area contributed by atoms with Crippen LogP contribution >= 0.6 is 0 Å². The molecule has 1 heterocycles. The highest BCUT2D eigenvalue weighted by atomic mass is 15.1. The van der Waals surface area contributed by atoms with Crippen LogP contribution in [0.25, 0.3) is 10.9 Å². The highest BCUT2D eigenvalue weighted by molar-refractivity contribution is 5.90. The zero-order valence-electron chi connectivity index (χ0n) is 11.1. The molecule has 1 atom stereocenters. The number of nitrogens with zero attached hydrogens (tertiary/aromatic N) is 1. The van der Waals surface area contributed by atoms with E-state index >= 15 is 0 Å². The molecule has 0 amide bonds. The molecule has 1 unspecified atom stereocenters. The third kappa shape index (κ3) is 2.32. The zero-order chi connectivity index (χ0) is 13.2. The first-order chi connectivity index (χ1) is 9.24. The van der Waals surface area contributed by atoms with Crippen LogP contribution in [0.4, 0.5) is 5.69 Å². The molecule has 3 aromatic rings. The Morgan fingerprint density at radius 1 is 1.16 bits per heavy atom. The second-order valence-electron chi connectivity index (χ2n) is 4.92. The normalized spacial score (nSPS) is 12.5. The number of aromatic amines is 1. The quantitative estimate of drug-likeness (QED) is 0.737. The topological polar surface area (TPSA) is 40.7 Å². The van der Waals surface area contributed by atoms with Crippen LogP contribution in [0.1, 0.15) is 24.1 Å². The van der Waals surface area contributed by atoms with Crippen LogP contribution in [0.5, 0.6) is 0 Å². The third-order valence-electron chi connectivity index (χ3n) is 3.39. The predicted octanol–water partition coefficient (Wildman–Crippen LogP) is 4.04. The summed E-state index contributed by atoms with van der Waals surface area (Å²) in [6.07, 6.45) is 1.85. The van der Waals surface area contributed by atoms with E-state index in [1.54, 1.807) is 0 Å². The first-order valence-electron chi connectivity index (χ1n) is 6.49. The fraction of sp³-hybridized carbons (Fsp3) is 0.188. The number of rotatable bonds is 3. The summed E-state index contributed by atoms with van der Waals surface area (Å²) in [5.41, 5.74) is 4.72. The van der Waals surface area contributed by atoms with Crippen LogP contribution in [-0.4, -0.2) is 10.2 Å². The molecule has 2 N–H and O–H groups in total. The van der Waals surface area contributed by atoms with Crippen molar-refractivity contribution in [2.45, 2.75) is 19.9 Å². The Bertz CT molecular complexity index is 700. The molecular formula is C16H17N3. The molecule has 19 heavy (non-hydrogen) atoms. The van der Waals surface area contributed by atoms with E-state index in [9.17, 15) is 0 Å². The Labute approximate surface area is 112 Å². The number of hydrogen-bond donors (Lipinski definition) is 2. The van der Waals surface area contributed by atoms with Crippen LogP contribution < -0.4 is 5.32 Å². The average Bonchev–Trinajstić information content (AvgIpc) is 2.88. The SMILES string of the molecule is Cc1cccc(C(C)Nc2cccc3cn[nH]c23)c1. The maximum atomic E-state index is 4.09. The van der Waals surface area contributed by atoms with Gasteiger partial charge in [-0.25, -0.2) is 0 Å². The van der Waals surface area contributed by atoms with Gasteiger partial charge >= 0.3 is 0 Å². The van der Waals surface area contributed by atoms with Crippen LogP contribution in [-0.2, 0) is 0 Å². The van der Waals surface area contributed by atoms with Gasteiger partial charge in [0.15, 0.2) is 0 Å². The van der Waals surface area contributed by atoms with Crippen LogP contribution in [0.2, 0.25) is 0 Å². The summed E-state index contributed by atoms with van der Waals surface area (Å²) in [5.74, 6) is 0. The lowest BCUT2D eigenvalue weighted by atomic mass is 10.1. The molecule has 3 heteroatoms. The number of benzene rings is 2. The molecule has 0 aliphatic heterocycles. The van der Waals surface area contributed by atoms with Crippen molar-refractivity contribution in [2.24, 2.45) is 0 Å². The second kappa shape index (κ2) is 4.76. The van der Waals surface area contributed by atoms with E-state index in [1.807, 2.05) is 12.3 Å². The molecule has 96 valence electrons. The van der Waals surface area contributed by atoms with Gasteiger partial charge < -0.3 is 5.32 Å². The Balaban J connectivity index is 1.90. The first-order valence-corrected chi connectivity index (χ1v) is 6.49. The van der Waals surface area contributed by atoms with E-state index in [0.717, 1.165) is 16.6 Å². The molecule has 0 saturated heterocycles. The van der Waals surface area contributed by atoms with Gasteiger partial charge in [-0.3, -0.25) is 5.10 Å². The predicted molar refractivity (Wildman–Crippen MR) is 79.3 cm³/mol. The zero-order valence-corrected chi connectivity index (χ0v) is 11.1. The Morgan fingerprint density at radius 3 is 2.84 bits per heavy atom. The van der Waals surface area contributed by atoms with E-state index < -0.39 is 0 Å². The number of H-pyrrole nitrogens is 1. The smallest absolute Gasteiger partial charge is 0.0881 e. The van der Waals surface area contributed by atoms with Crippen molar-refractivity contribution >= 4 is 16.6 Å². The molecule has 0 fully saturated rings. The molecule has 3 rings (SSSR count). The molecule has 3 nitrogen and oxygen atoms in total. The fourth-order valence-electron chi connectivity index (χ4n) is 2.35. The lowest BCUT2D eigenvalue weighted by Crippen LogP contribution is -2.07. The monoisotopic (exact) mass is 251 g/mol. The molecule has 1 aromatic heterocycles. The number of anilines is 1. The number of para-hydroxylation sites is 1. The standard InChI is InChI=1S/C16H17N3/c1-11-5-3-6-13(9-11)12(2)18-15-8-4-7-14-10-17-19-16(14)15/h3-10,12,18H,1-2H3,(H,17,19). The largest absolute Gasteiger partial charge is 0.377 e. The summed E-state index contributed by atoms with van der Waals surface area (Å²) >= 11 is 0. The lowest BCUT2D eigenvalue weighted by molar-refractivity contribution is 0.884. The fourth-order valence-corrected chi connectivity index (χ4v) is 2.35. The number of nitrogens with one attached hydrogen (secondary N) is 2. The third-order valence-corrected chi connectivity index (χ3v) is 3.39. The summed E-state index contributed by atoms with van der Waals surface area (Å²) in [6, 6.07) is 15.0. The Kier molecular flexibility index (Phi) is 2.95. The van der Waals surface area contributed by atoms with E-state index in [-0.39, 0.29) is 6.04 Å². The minimum atomic E-state index is 0.258. The Morgan fingerprint density at radius 2 is 2.00 bits per heavy atom. The lowest BCUT2D eigenvalue weighted by Gasteiger charge is -2.16. The van der Waals surface area contributed by atoms with E-state index in [0.29, 0.717) is 0 Å². The van der Waals surface area contributed by atoms with Crippen molar-refractivity contribution in [1.82, 2.24) is 10.2 Å². The van der Waals surface area contributed by atoms with Crippen molar-refractivity contribution in [1.29, 1.82) is 0 Å². The first kappa shape index (κ1) is 11.8. The minimum absolute atomic E-state index is 0.258. The van der Waals surface area contributed by atoms with Crippen molar-refractivity contribution in [2.75, 3.05) is 5.32 Å². The number of fused-ring (bicyclic) bond motifs is 1. The van der Waals surface area contributed by atoms with Gasteiger partial charge in [-0.15, -0.1) is 0 Å². The second-order valence-corrected chi connectivity index (χ2v) is 4.92. The van der Waals surface area contributed by atoms with Gasteiger partial charge in [0.1, 0.15) is 0 Å². The molecule has 0 radical (unpaired) electrons. The number of aryl methyl sites for hydroxylation is 1. The van der Waals surface area contributed by atoms with Gasteiger partial charge in [0.25, 0.3) is 0 Å². The summed E-state index contributed by atoms with van der Waals surface area (Å²) < 4.78 is 0. The van der Waals surface area contributed by atoms with Crippen molar-refractivity contribution in [3.63, 3.8) is 0 Å². The highest BCUT2D eigenvalue weighted by Gasteiger charge is 2.08. The van der Waals surface area contributed by atoms with Gasteiger partial charge in [-0.05, 0) is 25.5 Å². The summed E-state index contributed by atoms with van der Waals surface area (Å²) in [4.78, 5) is 0. The van der Waals surface area contributed by atoms with Crippen LogP contribution in [0, 0.1) is 6.92 Å². The number of aromatic nitrogens is 2. The Hall–Kier alpha value is -2.29. The van der Waals surface area contributed by atoms with Gasteiger partial charge in [0.05, 0.1) is 17.4 Å². The highest BCUT2D eigenvalue weighted by Crippen LogP contribution is 2.25. The summed E-state index contributed by atoms with van der Waals surface area (Å²) in [7, 11) is 0. The van der Waals surface area contributed by atoms with Crippen LogP contribution in [0.15, 0.2) is 48.7 Å². The van der Waals surface area contributed by atoms with Gasteiger partial charge in [0, 0.05) is 11.4 Å². The molecule has 0 aliphatic rings. The van der Waals surface area contributed by atoms with Gasteiger partial charge in [0.2, 0.25) is 0 Å². The van der Waals surface area contributed by atoms with E-state index in [1.165, 1.54) is 11.1 Å². The average molecular weight is 251 g/mol.